The van der Waals surface area contributed by atoms with Gasteiger partial charge in [0, 0.05) is 15.9 Å². The van der Waals surface area contributed by atoms with Gasteiger partial charge in [0.25, 0.3) is 10.0 Å². The number of aryl methyl sites for hydroxylation is 1. The van der Waals surface area contributed by atoms with Crippen LogP contribution in [0.2, 0.25) is 0 Å². The van der Waals surface area contributed by atoms with Crippen molar-refractivity contribution in [1.29, 1.82) is 0 Å². The van der Waals surface area contributed by atoms with Crippen LogP contribution in [-0.4, -0.2) is 29.7 Å². The lowest BCUT2D eigenvalue weighted by atomic mass is 10.2. The van der Waals surface area contributed by atoms with Gasteiger partial charge in [-0.05, 0) is 91.9 Å². The summed E-state index contributed by atoms with van der Waals surface area (Å²) in [5.41, 5.74) is 0.968. The Bertz CT molecular complexity index is 1360. The van der Waals surface area contributed by atoms with Crippen LogP contribution >= 0.6 is 7.05 Å². The van der Waals surface area contributed by atoms with Crippen LogP contribution in [0.5, 0.6) is 17.2 Å². The summed E-state index contributed by atoms with van der Waals surface area (Å²) >= 11 is 0. The maximum atomic E-state index is 13.8. The van der Waals surface area contributed by atoms with E-state index in [1.54, 1.807) is 45.6 Å². The van der Waals surface area contributed by atoms with Crippen LogP contribution in [0.1, 0.15) is 5.56 Å². The molecule has 0 radical (unpaired) electrons. The fourth-order valence-electron chi connectivity index (χ4n) is 3.90. The predicted octanol–water partition coefficient (Wildman–Crippen LogP) is 4.89. The third-order valence-electron chi connectivity index (χ3n) is 5.89. The average Bonchev–Trinajstić information content (AvgIpc) is 2.92. The Morgan fingerprint density at radius 3 is 1.19 bits per heavy atom. The van der Waals surface area contributed by atoms with Gasteiger partial charge in [0.2, 0.25) is 0 Å². The van der Waals surface area contributed by atoms with Crippen molar-refractivity contribution in [3.63, 3.8) is 0 Å². The van der Waals surface area contributed by atoms with Gasteiger partial charge in [0.1, 0.15) is 17.2 Å². The highest BCUT2D eigenvalue weighted by atomic mass is 32.2. The zero-order valence-corrected chi connectivity index (χ0v) is 22.3. The maximum absolute atomic E-state index is 13.8. The molecule has 4 aromatic rings. The predicted molar refractivity (Wildman–Crippen MR) is 146 cm³/mol. The quantitative estimate of drug-likeness (QED) is 0.309. The van der Waals surface area contributed by atoms with Crippen molar-refractivity contribution in [3.8, 4) is 17.2 Å². The molecule has 0 aliphatic carbocycles. The summed E-state index contributed by atoms with van der Waals surface area (Å²) in [7, 11) is -2.34. The van der Waals surface area contributed by atoms with E-state index in [1.165, 1.54) is 0 Å². The van der Waals surface area contributed by atoms with E-state index in [0.717, 1.165) is 21.5 Å². The van der Waals surface area contributed by atoms with Gasteiger partial charge in [-0.2, -0.15) is 12.6 Å². The second-order valence-corrected chi connectivity index (χ2v) is 13.0. The molecule has 0 spiro atoms. The topological polar surface area (TPSA) is 74.2 Å². The van der Waals surface area contributed by atoms with Crippen LogP contribution in [0.3, 0.4) is 0 Å². The minimum atomic E-state index is -4.05. The fourth-order valence-corrected chi connectivity index (χ4v) is 9.82. The van der Waals surface area contributed by atoms with Gasteiger partial charge >= 0.3 is 0 Å². The molecule has 0 unspecified atom stereocenters. The number of ether oxygens (including phenoxy) is 3. The molecule has 0 saturated heterocycles. The third-order valence-corrected chi connectivity index (χ3v) is 11.7. The Morgan fingerprint density at radius 1 is 0.556 bits per heavy atom. The van der Waals surface area contributed by atoms with Gasteiger partial charge in [-0.15, -0.1) is 0 Å². The number of sulfonamides is 1. The van der Waals surface area contributed by atoms with E-state index in [4.69, 9.17) is 18.4 Å². The Morgan fingerprint density at radius 2 is 0.889 bits per heavy atom. The lowest BCUT2D eigenvalue weighted by molar-refractivity contribution is 0.415. The van der Waals surface area contributed by atoms with E-state index in [-0.39, 0.29) is 4.90 Å². The van der Waals surface area contributed by atoms with Crippen molar-refractivity contribution in [2.75, 3.05) is 21.3 Å². The van der Waals surface area contributed by atoms with Crippen LogP contribution in [0.15, 0.2) is 106 Å². The van der Waals surface area contributed by atoms with E-state index in [2.05, 4.69) is 0 Å². The molecule has 0 atom stereocenters. The summed E-state index contributed by atoms with van der Waals surface area (Å²) in [6, 6.07) is 29.0. The molecule has 0 N–H and O–H groups in total. The lowest BCUT2D eigenvalue weighted by Gasteiger charge is -2.27. The molecule has 0 aliphatic heterocycles. The molecule has 8 heteroatoms. The molecule has 0 saturated carbocycles. The van der Waals surface area contributed by atoms with Crippen molar-refractivity contribution >= 4 is 33.0 Å². The van der Waals surface area contributed by atoms with E-state index < -0.39 is 17.1 Å². The summed E-state index contributed by atoms with van der Waals surface area (Å²) in [6.45, 7) is 1.91. The SMILES string of the molecule is COc1ccc(P(=NS(=O)(=O)c2ccc(C)cc2)(c2ccc(OC)cc2)c2ccc(OC)cc2)cc1. The van der Waals surface area contributed by atoms with Crippen LogP contribution < -0.4 is 30.1 Å². The van der Waals surface area contributed by atoms with E-state index in [1.807, 2.05) is 79.7 Å². The lowest BCUT2D eigenvalue weighted by Crippen LogP contribution is -2.26. The van der Waals surface area contributed by atoms with Gasteiger partial charge in [-0.3, -0.25) is 0 Å². The van der Waals surface area contributed by atoms with Crippen molar-refractivity contribution in [1.82, 2.24) is 0 Å². The molecular formula is C28H28NO5PS. The number of nitrogens with zero attached hydrogens (tertiary/aromatic N) is 1. The van der Waals surface area contributed by atoms with Crippen LogP contribution in [-0.2, 0) is 10.0 Å². The van der Waals surface area contributed by atoms with Crippen molar-refractivity contribution < 1.29 is 22.6 Å². The molecule has 0 amide bonds. The molecular weight excluding hydrogens is 493 g/mol. The van der Waals surface area contributed by atoms with Gasteiger partial charge < -0.3 is 14.2 Å². The van der Waals surface area contributed by atoms with Gasteiger partial charge in [0.15, 0.2) is 0 Å². The Balaban J connectivity index is 2.11. The molecule has 0 heterocycles. The minimum Gasteiger partial charge on any atom is -0.497 e. The zero-order valence-electron chi connectivity index (χ0n) is 20.6. The molecule has 0 aliphatic rings. The average molecular weight is 522 g/mol. The van der Waals surface area contributed by atoms with Crippen molar-refractivity contribution in [2.45, 2.75) is 11.8 Å². The molecule has 36 heavy (non-hydrogen) atoms. The van der Waals surface area contributed by atoms with E-state index in [9.17, 15) is 8.42 Å². The Kier molecular flexibility index (Phi) is 7.53. The molecule has 186 valence electrons. The van der Waals surface area contributed by atoms with Crippen molar-refractivity contribution in [2.24, 2.45) is 4.15 Å². The number of rotatable bonds is 8. The van der Waals surface area contributed by atoms with Gasteiger partial charge in [-0.1, -0.05) is 17.7 Å². The summed E-state index contributed by atoms with van der Waals surface area (Å²) in [4.78, 5) is 0.146. The normalized spacial score (nSPS) is 11.6. The number of benzene rings is 4. The number of hydrogen-bond donors (Lipinski definition) is 0. The van der Waals surface area contributed by atoms with Crippen LogP contribution in [0.4, 0.5) is 0 Å². The first-order valence-electron chi connectivity index (χ1n) is 11.2. The largest absolute Gasteiger partial charge is 0.497 e. The highest BCUT2D eigenvalue weighted by molar-refractivity contribution is 7.99. The Hall–Kier alpha value is -3.54. The Labute approximate surface area is 212 Å². The van der Waals surface area contributed by atoms with E-state index in [0.29, 0.717) is 17.2 Å². The summed E-state index contributed by atoms with van der Waals surface area (Å²) < 4.78 is 48.5. The number of hydrogen-bond acceptors (Lipinski definition) is 5. The first kappa shape index (κ1) is 25.5. The third kappa shape index (κ3) is 5.03. The van der Waals surface area contributed by atoms with Gasteiger partial charge in [-0.25, -0.2) is 0 Å². The first-order valence-corrected chi connectivity index (χ1v) is 14.4. The monoisotopic (exact) mass is 521 g/mol. The zero-order chi connectivity index (χ0) is 25.8. The molecule has 0 bridgehead atoms. The number of methoxy groups -OCH3 is 3. The molecule has 4 rings (SSSR count). The van der Waals surface area contributed by atoms with Crippen LogP contribution in [0.25, 0.3) is 0 Å². The fraction of sp³-hybridized carbons (Fsp3) is 0.143. The molecule has 0 aromatic heterocycles. The molecule has 6 nitrogen and oxygen atoms in total. The summed E-state index contributed by atoms with van der Waals surface area (Å²) in [6.07, 6.45) is 0. The molecule has 4 aromatic carbocycles. The standard InChI is InChI=1S/C28H28NO5PS/c1-21-5-19-28(20-6-21)36(30,31)29-35(25-13-7-22(32-2)8-14-25,26-15-9-23(33-3)10-16-26)27-17-11-24(34-4)12-18-27/h5-20H,1-4H3. The summed E-state index contributed by atoms with van der Waals surface area (Å²) in [5, 5.41) is 2.32. The molecule has 0 fully saturated rings. The van der Waals surface area contributed by atoms with Crippen molar-refractivity contribution in [3.05, 3.63) is 103 Å². The van der Waals surface area contributed by atoms with Gasteiger partial charge in [0.05, 0.1) is 33.3 Å². The smallest absolute Gasteiger partial charge is 0.281 e. The maximum Gasteiger partial charge on any atom is 0.281 e. The minimum absolute atomic E-state index is 0.146. The van der Waals surface area contributed by atoms with E-state index >= 15 is 0 Å². The summed E-state index contributed by atoms with van der Waals surface area (Å²) in [5.74, 6) is 2.01. The highest BCUT2D eigenvalue weighted by Crippen LogP contribution is 2.49. The second kappa shape index (κ2) is 10.6. The first-order chi connectivity index (χ1) is 17.3. The second-order valence-electron chi connectivity index (χ2n) is 8.10. The highest BCUT2D eigenvalue weighted by Gasteiger charge is 2.31. The van der Waals surface area contributed by atoms with Crippen LogP contribution in [0, 0.1) is 6.92 Å².